The van der Waals surface area contributed by atoms with E-state index in [4.69, 9.17) is 0 Å². The third-order valence-corrected chi connectivity index (χ3v) is 4.06. The summed E-state index contributed by atoms with van der Waals surface area (Å²) in [5.74, 6) is 1.45. The summed E-state index contributed by atoms with van der Waals surface area (Å²) in [5, 5.41) is 6.25. The first-order chi connectivity index (χ1) is 13.0. The van der Waals surface area contributed by atoms with Gasteiger partial charge in [-0.25, -0.2) is 4.98 Å². The van der Waals surface area contributed by atoms with Gasteiger partial charge in [-0.1, -0.05) is 24.3 Å². The lowest BCUT2D eigenvalue weighted by molar-refractivity contribution is -0.137. The van der Waals surface area contributed by atoms with E-state index in [0.717, 1.165) is 34.6 Å². The molecule has 0 bridgehead atoms. The Hall–Kier alpha value is -3.03. The monoisotopic (exact) mass is 375 g/mol. The average molecular weight is 375 g/mol. The number of guanidine groups is 1. The Balaban J connectivity index is 1.48. The van der Waals surface area contributed by atoms with Crippen LogP contribution in [0.1, 0.15) is 17.0 Å². The minimum absolute atomic E-state index is 0.377. The maximum atomic E-state index is 12.6. The van der Waals surface area contributed by atoms with Gasteiger partial charge in [0, 0.05) is 26.6 Å². The largest absolute Gasteiger partial charge is 0.416 e. The first-order valence-electron chi connectivity index (χ1n) is 8.50. The second kappa shape index (κ2) is 8.11. The fraction of sp³-hybridized carbons (Fsp3) is 0.263. The minimum Gasteiger partial charge on any atom is -0.356 e. The number of halogens is 3. The third-order valence-electron chi connectivity index (χ3n) is 4.06. The van der Waals surface area contributed by atoms with E-state index < -0.39 is 11.7 Å². The van der Waals surface area contributed by atoms with Crippen LogP contribution in [0.5, 0.6) is 0 Å². The Kier molecular flexibility index (Phi) is 5.63. The summed E-state index contributed by atoms with van der Waals surface area (Å²) in [6.45, 7) is 0.995. The normalized spacial score (nSPS) is 12.4. The van der Waals surface area contributed by atoms with Crippen molar-refractivity contribution >= 4 is 17.0 Å². The van der Waals surface area contributed by atoms with Gasteiger partial charge in [-0.2, -0.15) is 13.2 Å². The molecular weight excluding hydrogens is 355 g/mol. The fourth-order valence-electron chi connectivity index (χ4n) is 2.64. The van der Waals surface area contributed by atoms with Crippen molar-refractivity contribution < 1.29 is 13.2 Å². The quantitative estimate of drug-likeness (QED) is 0.472. The lowest BCUT2D eigenvalue weighted by atomic mass is 10.1. The molecular formula is C19H20F3N5. The summed E-state index contributed by atoms with van der Waals surface area (Å²) >= 11 is 0. The Bertz CT molecular complexity index is 880. The summed E-state index contributed by atoms with van der Waals surface area (Å²) in [6, 6.07) is 12.9. The number of H-pyrrole nitrogens is 1. The molecule has 27 heavy (non-hydrogen) atoms. The van der Waals surface area contributed by atoms with Gasteiger partial charge in [0.1, 0.15) is 5.82 Å². The van der Waals surface area contributed by atoms with E-state index >= 15 is 0 Å². The fourth-order valence-corrected chi connectivity index (χ4v) is 2.64. The number of nitrogens with zero attached hydrogens (tertiary/aromatic N) is 2. The first kappa shape index (κ1) is 18.8. The molecule has 0 saturated heterocycles. The second-order valence-electron chi connectivity index (χ2n) is 6.00. The molecule has 8 heteroatoms. The van der Waals surface area contributed by atoms with E-state index in [1.54, 1.807) is 7.05 Å². The van der Waals surface area contributed by atoms with Crippen molar-refractivity contribution in [1.29, 1.82) is 0 Å². The zero-order valence-corrected chi connectivity index (χ0v) is 14.8. The number of alkyl halides is 3. The van der Waals surface area contributed by atoms with Crippen LogP contribution in [0.2, 0.25) is 0 Å². The third kappa shape index (κ3) is 4.99. The van der Waals surface area contributed by atoms with Crippen LogP contribution in [-0.4, -0.2) is 29.5 Å². The number of hydrogen-bond donors (Lipinski definition) is 3. The summed E-state index contributed by atoms with van der Waals surface area (Å²) in [7, 11) is 1.64. The van der Waals surface area contributed by atoms with E-state index in [1.807, 2.05) is 24.3 Å². The maximum Gasteiger partial charge on any atom is 0.416 e. The molecule has 0 saturated carbocycles. The Morgan fingerprint density at radius 3 is 2.48 bits per heavy atom. The number of benzene rings is 2. The van der Waals surface area contributed by atoms with Crippen molar-refractivity contribution in [3.63, 3.8) is 0 Å². The molecule has 0 atom stereocenters. The van der Waals surface area contributed by atoms with E-state index in [2.05, 4.69) is 25.6 Å². The van der Waals surface area contributed by atoms with Crippen LogP contribution in [0, 0.1) is 0 Å². The molecule has 1 aromatic heterocycles. The molecule has 1 heterocycles. The molecule has 3 rings (SSSR count). The topological polar surface area (TPSA) is 65.1 Å². The zero-order chi connectivity index (χ0) is 19.3. The Labute approximate surface area is 154 Å². The maximum absolute atomic E-state index is 12.6. The van der Waals surface area contributed by atoms with Crippen LogP contribution in [0.4, 0.5) is 13.2 Å². The van der Waals surface area contributed by atoms with Crippen molar-refractivity contribution in [3.05, 3.63) is 65.5 Å². The Morgan fingerprint density at radius 1 is 1.07 bits per heavy atom. The molecule has 0 amide bonds. The highest BCUT2D eigenvalue weighted by Crippen LogP contribution is 2.29. The number of para-hydroxylation sites is 2. The number of aromatic nitrogens is 2. The molecule has 5 nitrogen and oxygen atoms in total. The smallest absolute Gasteiger partial charge is 0.356 e. The number of imidazole rings is 1. The minimum atomic E-state index is -4.32. The molecule has 2 aromatic carbocycles. The zero-order valence-electron chi connectivity index (χ0n) is 14.8. The standard InChI is InChI=1S/C19H20F3N5/c1-23-18(25-12-13-6-8-14(9-7-13)19(20,21)22)24-11-10-17-26-15-4-2-3-5-16(15)27-17/h2-9H,10-12H2,1H3,(H,26,27)(H2,23,24,25). The van der Waals surface area contributed by atoms with E-state index in [1.165, 1.54) is 12.1 Å². The van der Waals surface area contributed by atoms with Gasteiger partial charge in [-0.3, -0.25) is 4.99 Å². The lowest BCUT2D eigenvalue weighted by Crippen LogP contribution is -2.37. The van der Waals surface area contributed by atoms with Crippen LogP contribution in [0.15, 0.2) is 53.5 Å². The summed E-state index contributed by atoms with van der Waals surface area (Å²) in [4.78, 5) is 11.9. The van der Waals surface area contributed by atoms with Crippen molar-refractivity contribution in [1.82, 2.24) is 20.6 Å². The summed E-state index contributed by atoms with van der Waals surface area (Å²) in [5.41, 5.74) is 2.01. The highest BCUT2D eigenvalue weighted by molar-refractivity contribution is 5.79. The summed E-state index contributed by atoms with van der Waals surface area (Å²) < 4.78 is 37.7. The number of aromatic amines is 1. The Morgan fingerprint density at radius 2 is 1.81 bits per heavy atom. The van der Waals surface area contributed by atoms with Crippen molar-refractivity contribution in [3.8, 4) is 0 Å². The molecule has 0 aliphatic heterocycles. The number of fused-ring (bicyclic) bond motifs is 1. The molecule has 0 aliphatic carbocycles. The first-order valence-corrected chi connectivity index (χ1v) is 8.50. The van der Waals surface area contributed by atoms with Gasteiger partial charge in [0.15, 0.2) is 5.96 Å². The van der Waals surface area contributed by atoms with Gasteiger partial charge >= 0.3 is 6.18 Å². The van der Waals surface area contributed by atoms with Gasteiger partial charge in [0.05, 0.1) is 16.6 Å². The van der Waals surface area contributed by atoms with E-state index in [9.17, 15) is 13.2 Å². The molecule has 0 unspecified atom stereocenters. The second-order valence-corrected chi connectivity index (χ2v) is 6.00. The molecule has 0 spiro atoms. The van der Waals surface area contributed by atoms with E-state index in [0.29, 0.717) is 25.5 Å². The highest BCUT2D eigenvalue weighted by Gasteiger charge is 2.29. The van der Waals surface area contributed by atoms with Crippen molar-refractivity contribution in [2.75, 3.05) is 13.6 Å². The number of aliphatic imine (C=N–C) groups is 1. The van der Waals surface area contributed by atoms with Crippen LogP contribution in [0.3, 0.4) is 0 Å². The predicted octanol–water partition coefficient (Wildman–Crippen LogP) is 3.49. The molecule has 0 aliphatic rings. The van der Waals surface area contributed by atoms with Crippen LogP contribution >= 0.6 is 0 Å². The average Bonchev–Trinajstić information content (AvgIpc) is 3.07. The molecule has 3 aromatic rings. The number of hydrogen-bond acceptors (Lipinski definition) is 2. The number of nitrogens with one attached hydrogen (secondary N) is 3. The van der Waals surface area contributed by atoms with Crippen LogP contribution < -0.4 is 10.6 Å². The van der Waals surface area contributed by atoms with Crippen molar-refractivity contribution in [2.24, 2.45) is 4.99 Å². The predicted molar refractivity (Wildman–Crippen MR) is 99.4 cm³/mol. The van der Waals surface area contributed by atoms with Crippen LogP contribution in [0.25, 0.3) is 11.0 Å². The van der Waals surface area contributed by atoms with Crippen LogP contribution in [-0.2, 0) is 19.1 Å². The van der Waals surface area contributed by atoms with Gasteiger partial charge in [-0.15, -0.1) is 0 Å². The van der Waals surface area contributed by atoms with Crippen molar-refractivity contribution in [2.45, 2.75) is 19.1 Å². The van der Waals surface area contributed by atoms with E-state index in [-0.39, 0.29) is 0 Å². The van der Waals surface area contributed by atoms with Gasteiger partial charge in [0.25, 0.3) is 0 Å². The molecule has 142 valence electrons. The molecule has 0 radical (unpaired) electrons. The number of rotatable bonds is 5. The highest BCUT2D eigenvalue weighted by atomic mass is 19.4. The molecule has 0 fully saturated rings. The lowest BCUT2D eigenvalue weighted by Gasteiger charge is -2.12. The SMILES string of the molecule is CN=C(NCCc1nc2ccccc2[nH]1)NCc1ccc(C(F)(F)F)cc1. The van der Waals surface area contributed by atoms with Gasteiger partial charge < -0.3 is 15.6 Å². The molecule has 3 N–H and O–H groups in total. The summed E-state index contributed by atoms with van der Waals surface area (Å²) in [6.07, 6.45) is -3.63. The van der Waals surface area contributed by atoms with Gasteiger partial charge in [-0.05, 0) is 29.8 Å². The van der Waals surface area contributed by atoms with Gasteiger partial charge in [0.2, 0.25) is 0 Å².